The van der Waals surface area contributed by atoms with Crippen molar-refractivity contribution in [2.45, 2.75) is 155 Å². The van der Waals surface area contributed by atoms with Gasteiger partial charge in [0.05, 0.1) is 16.5 Å². The summed E-state index contributed by atoms with van der Waals surface area (Å²) in [6, 6.07) is 38.4. The van der Waals surface area contributed by atoms with Crippen LogP contribution in [0.2, 0.25) is 0 Å². The molecule has 0 fully saturated rings. The highest BCUT2D eigenvalue weighted by Crippen LogP contribution is 2.45. The summed E-state index contributed by atoms with van der Waals surface area (Å²) in [6.45, 7) is 4.03. The zero-order chi connectivity index (χ0) is 46.7. The van der Waals surface area contributed by atoms with Gasteiger partial charge in [-0.25, -0.2) is 0 Å². The number of aliphatic hydroxyl groups is 1. The molecule has 0 unspecified atom stereocenters. The number of unbranched alkanes of at least 4 members (excludes halogenated alkanes) is 18. The van der Waals surface area contributed by atoms with Crippen molar-refractivity contribution in [3.8, 4) is 0 Å². The number of aliphatic hydroxyl groups excluding tert-OH is 1. The van der Waals surface area contributed by atoms with Gasteiger partial charge in [-0.1, -0.05) is 226 Å². The first-order valence-electron chi connectivity index (χ1n) is 26.7. The number of carbonyl (C=O) groups excluding carboxylic acids is 1. The first-order chi connectivity index (χ1) is 33.5. The van der Waals surface area contributed by atoms with Gasteiger partial charge in [-0.2, -0.15) is 0 Å². The van der Waals surface area contributed by atoms with Gasteiger partial charge in [-0.05, 0) is 70.6 Å². The molecule has 0 radical (unpaired) electrons. The molecule has 8 heteroatoms. The van der Waals surface area contributed by atoms with Gasteiger partial charge in [0.15, 0.2) is 0 Å². The molecule has 1 aliphatic carbocycles. The summed E-state index contributed by atoms with van der Waals surface area (Å²) in [7, 11) is 0. The molecule has 3 aliphatic rings. The largest absolute Gasteiger partial charge is 0.506 e. The van der Waals surface area contributed by atoms with E-state index in [9.17, 15) is 9.90 Å². The Morgan fingerprint density at radius 2 is 0.985 bits per heavy atom. The number of aryl methyl sites for hydroxylation is 2. The molecular weight excluding hydrogens is 830 g/mol. The zero-order valence-electron chi connectivity index (χ0n) is 40.9. The summed E-state index contributed by atoms with van der Waals surface area (Å²) in [5.74, 6) is -0.149. The van der Waals surface area contributed by atoms with Crippen LogP contribution in [0.3, 0.4) is 0 Å². The lowest BCUT2D eigenvalue weighted by molar-refractivity contribution is -0.109. The average Bonchev–Trinajstić information content (AvgIpc) is 3.37. The number of nitrogens with zero attached hydrogens (tertiary/aromatic N) is 1. The molecule has 0 spiro atoms. The van der Waals surface area contributed by atoms with E-state index in [2.05, 4.69) is 121 Å². The van der Waals surface area contributed by atoms with E-state index in [0.29, 0.717) is 21.9 Å². The molecule has 0 amide bonds. The van der Waals surface area contributed by atoms with Crippen molar-refractivity contribution >= 4 is 80.4 Å². The van der Waals surface area contributed by atoms with E-state index in [1.165, 1.54) is 140 Å². The van der Waals surface area contributed by atoms with E-state index in [4.69, 9.17) is 4.90 Å². The molecule has 2 aliphatic heterocycles. The number of anilines is 3. The molecule has 6 nitrogen and oxygen atoms in total. The van der Waals surface area contributed by atoms with Crippen LogP contribution in [-0.4, -0.2) is 24.9 Å². The fourth-order valence-electron chi connectivity index (χ4n) is 10.9. The maximum Gasteiger partial charge on any atom is 0.427 e. The van der Waals surface area contributed by atoms with Gasteiger partial charge in [0.25, 0.3) is 0 Å². The van der Waals surface area contributed by atoms with E-state index >= 15 is 0 Å². The smallest absolute Gasteiger partial charge is 0.427 e. The number of carbonyl (C=O) groups is 1. The Kier molecular flexibility index (Phi) is 16.0. The third kappa shape index (κ3) is 10.8. The minimum atomic E-state index is -0.326. The lowest BCUT2D eigenvalue weighted by Crippen LogP contribution is -2.48. The molecule has 0 aromatic heterocycles. The molecule has 0 atom stereocenters. The Balaban J connectivity index is 0.912. The summed E-state index contributed by atoms with van der Waals surface area (Å²) in [5.41, 5.74) is 9.14. The third-order valence-electron chi connectivity index (χ3n) is 14.9. The normalized spacial score (nSPS) is 14.8. The van der Waals surface area contributed by atoms with E-state index in [0.717, 1.165) is 67.7 Å². The molecule has 0 saturated carbocycles. The summed E-state index contributed by atoms with van der Waals surface area (Å²) in [6.07, 6.45) is 29.0. The fourth-order valence-corrected chi connectivity index (χ4v) is 10.9. The van der Waals surface area contributed by atoms with Gasteiger partial charge < -0.3 is 25.7 Å². The van der Waals surface area contributed by atoms with Crippen molar-refractivity contribution < 1.29 is 9.90 Å². The molecule has 0 saturated heterocycles. The monoisotopic (exact) mass is 903 g/mol. The Morgan fingerprint density at radius 3 is 1.54 bits per heavy atom. The maximum absolute atomic E-state index is 14.6. The minimum Gasteiger partial charge on any atom is -0.506 e. The van der Waals surface area contributed by atoms with Gasteiger partial charge in [-0.15, -0.1) is 0 Å². The number of nitrogens with one attached hydrogen (secondary N) is 3. The fraction of sp³-hybridized carbons (Fsp3) is 0.400. The molecule has 2 heterocycles. The van der Waals surface area contributed by atoms with Crippen LogP contribution >= 0.6 is 0 Å². The molecular formula is C60H72B2N4O2. The van der Waals surface area contributed by atoms with Crippen LogP contribution in [0.4, 0.5) is 17.1 Å². The molecule has 0 bridgehead atoms. The number of hydrogen-bond acceptors (Lipinski definition) is 6. The van der Waals surface area contributed by atoms with Crippen molar-refractivity contribution in [3.63, 3.8) is 0 Å². The number of Topliss-reactive ketones (excluding diaryl/α,β-unsaturated/α-hetero) is 1. The number of allylic oxidation sites excluding steroid dienone is 2. The molecule has 4 N–H and O–H groups in total. The minimum absolute atomic E-state index is 0.0194. The van der Waals surface area contributed by atoms with Crippen molar-refractivity contribution in [1.29, 1.82) is 0 Å². The lowest BCUT2D eigenvalue weighted by atomic mass is 9.65. The SMILES string of the molecule is CCCCCCCCCCCCc1ccc(B2N=c3/c(=C4/C(=O)C(c5ccc6cccc7c6c5NB(c5ccc(CCCCCCCCCCCC)cc5)N7)=C4O)ccc4cccc(c34)N2)cc1. The van der Waals surface area contributed by atoms with Crippen LogP contribution < -0.4 is 37.2 Å². The maximum atomic E-state index is 14.6. The van der Waals surface area contributed by atoms with Crippen molar-refractivity contribution in [1.82, 2.24) is 0 Å². The van der Waals surface area contributed by atoms with Gasteiger partial charge in [0.1, 0.15) is 5.76 Å². The van der Waals surface area contributed by atoms with Crippen LogP contribution in [0.5, 0.6) is 0 Å². The highest BCUT2D eigenvalue weighted by molar-refractivity contribution is 6.80. The van der Waals surface area contributed by atoms with Gasteiger partial charge in [0, 0.05) is 38.6 Å². The standard InChI is InChI=1S/C60H72B2N4O2/c1-3-5-7-9-11-13-15-17-19-21-25-43-31-37-47(38-32-43)61-63-51-29-23-27-45-35-41-49(57(65-61)53(45)51)55-59(67)56(60(55)68)50-42-36-46-28-24-30-52-54(46)58(50)66-62(64-52)48-39-33-44(34-40-48)26-22-20-18-16-14-12-10-8-6-4-2/h23-24,27-42,63-65,67H,3-22,25-26H2,1-2H3/b56-50+. The van der Waals surface area contributed by atoms with Gasteiger partial charge in [0.2, 0.25) is 5.78 Å². The van der Waals surface area contributed by atoms with Crippen molar-refractivity contribution in [2.24, 2.45) is 4.90 Å². The quantitative estimate of drug-likeness (QED) is 0.0340. The third-order valence-corrected chi connectivity index (χ3v) is 14.9. The highest BCUT2D eigenvalue weighted by Gasteiger charge is 2.39. The van der Waals surface area contributed by atoms with E-state index in [1.54, 1.807) is 0 Å². The van der Waals surface area contributed by atoms with Crippen LogP contribution in [0, 0.1) is 0 Å². The Hall–Kier alpha value is -5.75. The summed E-state index contributed by atoms with van der Waals surface area (Å²) >= 11 is 0. The second-order valence-corrected chi connectivity index (χ2v) is 19.9. The first kappa shape index (κ1) is 47.3. The molecule has 9 rings (SSSR count). The van der Waals surface area contributed by atoms with E-state index in [-0.39, 0.29) is 25.5 Å². The van der Waals surface area contributed by atoms with Crippen LogP contribution in [0.15, 0.2) is 120 Å². The molecule has 6 aromatic rings. The predicted molar refractivity (Wildman–Crippen MR) is 292 cm³/mol. The number of rotatable bonds is 25. The Bertz CT molecular complexity index is 2860. The van der Waals surface area contributed by atoms with Gasteiger partial charge in [-0.3, -0.25) is 4.79 Å². The number of hydrogen-bond donors (Lipinski definition) is 4. The summed E-state index contributed by atoms with van der Waals surface area (Å²) in [5, 5.41) is 28.8. The predicted octanol–water partition coefficient (Wildman–Crippen LogP) is 13.3. The molecule has 350 valence electrons. The number of benzene rings is 6. The molecule has 68 heavy (non-hydrogen) atoms. The lowest BCUT2D eigenvalue weighted by Gasteiger charge is -2.31. The summed E-state index contributed by atoms with van der Waals surface area (Å²) in [4.78, 5) is 19.9. The van der Waals surface area contributed by atoms with Crippen LogP contribution in [0.25, 0.3) is 32.7 Å². The summed E-state index contributed by atoms with van der Waals surface area (Å²) < 4.78 is 0. The topological polar surface area (TPSA) is 85.8 Å². The zero-order valence-corrected chi connectivity index (χ0v) is 40.9. The van der Waals surface area contributed by atoms with Gasteiger partial charge >= 0.3 is 14.0 Å². The highest BCUT2D eigenvalue weighted by atomic mass is 16.3. The van der Waals surface area contributed by atoms with E-state index < -0.39 is 0 Å². The van der Waals surface area contributed by atoms with Crippen LogP contribution in [-0.2, 0) is 17.6 Å². The second-order valence-electron chi connectivity index (χ2n) is 19.9. The second kappa shape index (κ2) is 23.0. The van der Waals surface area contributed by atoms with Crippen LogP contribution in [0.1, 0.15) is 159 Å². The van der Waals surface area contributed by atoms with Crippen molar-refractivity contribution in [3.05, 3.63) is 142 Å². The average molecular weight is 903 g/mol. The van der Waals surface area contributed by atoms with Crippen molar-refractivity contribution in [2.75, 3.05) is 15.7 Å². The Labute approximate surface area is 406 Å². The molecule has 6 aromatic carbocycles. The Morgan fingerprint density at radius 1 is 0.485 bits per heavy atom. The first-order valence-corrected chi connectivity index (χ1v) is 26.7. The van der Waals surface area contributed by atoms with E-state index in [1.807, 2.05) is 18.2 Å². The number of ketones is 1.